The van der Waals surface area contributed by atoms with E-state index < -0.39 is 0 Å². The smallest absolute Gasteiger partial charge is 0.158 e. The van der Waals surface area contributed by atoms with Crippen LogP contribution in [0.25, 0.3) is 11.0 Å². The van der Waals surface area contributed by atoms with Crippen LogP contribution in [0.2, 0.25) is 10.2 Å². The van der Waals surface area contributed by atoms with Gasteiger partial charge in [-0.2, -0.15) is 8.75 Å². The minimum absolute atomic E-state index is 0.178. The van der Waals surface area contributed by atoms with Gasteiger partial charge in [0.2, 0.25) is 0 Å². The number of anilines is 3. The van der Waals surface area contributed by atoms with Crippen molar-refractivity contribution in [2.45, 2.75) is 0 Å². The number of nitrogens with zero attached hydrogens (tertiary/aromatic N) is 4. The first-order valence-electron chi connectivity index (χ1n) is 5.10. The Balaban J connectivity index is 2.13. The molecule has 2 heterocycles. The van der Waals surface area contributed by atoms with Gasteiger partial charge in [-0.1, -0.05) is 23.2 Å². The lowest BCUT2D eigenvalue weighted by Crippen LogP contribution is -2.02. The highest BCUT2D eigenvalue weighted by atomic mass is 35.5. The summed E-state index contributed by atoms with van der Waals surface area (Å²) in [6, 6.07) is 3.52. The Morgan fingerprint density at radius 2 is 2.00 bits per heavy atom. The topological polar surface area (TPSA) is 89.6 Å². The highest BCUT2D eigenvalue weighted by Crippen LogP contribution is 2.34. The number of fused-ring (bicyclic) bond motifs is 1. The molecule has 3 rings (SSSR count). The molecule has 1 aromatic carbocycles. The number of aromatic nitrogens is 4. The van der Waals surface area contributed by atoms with Crippen LogP contribution in [-0.2, 0) is 0 Å². The van der Waals surface area contributed by atoms with Gasteiger partial charge in [0.25, 0.3) is 0 Å². The minimum Gasteiger partial charge on any atom is -0.393 e. The second-order valence-corrected chi connectivity index (χ2v) is 4.90. The van der Waals surface area contributed by atoms with Crippen LogP contribution in [0.4, 0.5) is 17.2 Å². The number of benzene rings is 1. The van der Waals surface area contributed by atoms with Crippen LogP contribution in [0.15, 0.2) is 18.5 Å². The van der Waals surface area contributed by atoms with E-state index in [1.807, 2.05) is 0 Å². The first kappa shape index (κ1) is 12.3. The molecule has 0 radical (unpaired) electrons. The Kier molecular flexibility index (Phi) is 3.09. The molecule has 0 aliphatic carbocycles. The minimum atomic E-state index is 0.178. The van der Waals surface area contributed by atoms with Crippen LogP contribution < -0.4 is 11.1 Å². The van der Waals surface area contributed by atoms with E-state index in [9.17, 15) is 0 Å². The Morgan fingerprint density at radius 1 is 1.16 bits per heavy atom. The predicted molar refractivity (Wildman–Crippen MR) is 77.2 cm³/mol. The Labute approximate surface area is 121 Å². The van der Waals surface area contributed by atoms with E-state index in [-0.39, 0.29) is 10.8 Å². The molecule has 3 N–H and O–H groups in total. The second-order valence-electron chi connectivity index (χ2n) is 3.61. The molecule has 0 saturated carbocycles. The molecule has 96 valence electrons. The molecule has 9 heteroatoms. The normalized spacial score (nSPS) is 10.8. The number of hydrogen-bond donors (Lipinski definition) is 2. The van der Waals surface area contributed by atoms with Crippen molar-refractivity contribution in [3.8, 4) is 0 Å². The zero-order valence-corrected chi connectivity index (χ0v) is 11.6. The zero-order chi connectivity index (χ0) is 13.4. The molecule has 0 saturated heterocycles. The molecule has 0 bridgehead atoms. The summed E-state index contributed by atoms with van der Waals surface area (Å²) in [4.78, 5) is 7.82. The summed E-state index contributed by atoms with van der Waals surface area (Å²) in [5.41, 5.74) is 8.05. The summed E-state index contributed by atoms with van der Waals surface area (Å²) < 4.78 is 8.34. The quantitative estimate of drug-likeness (QED) is 0.707. The number of nitrogen functional groups attached to an aromatic ring is 1. The third-order valence-electron chi connectivity index (χ3n) is 2.46. The van der Waals surface area contributed by atoms with E-state index in [1.165, 1.54) is 6.33 Å². The van der Waals surface area contributed by atoms with E-state index in [1.54, 1.807) is 12.1 Å². The fourth-order valence-electron chi connectivity index (χ4n) is 1.54. The predicted octanol–water partition coefficient (Wildman–Crippen LogP) is 3.11. The summed E-state index contributed by atoms with van der Waals surface area (Å²) in [6.45, 7) is 0. The van der Waals surface area contributed by atoms with Crippen LogP contribution in [0.5, 0.6) is 0 Å². The van der Waals surface area contributed by atoms with E-state index >= 15 is 0 Å². The van der Waals surface area contributed by atoms with Crippen molar-refractivity contribution in [3.05, 3.63) is 28.6 Å². The monoisotopic (exact) mass is 312 g/mol. The van der Waals surface area contributed by atoms with Crippen molar-refractivity contribution in [2.75, 3.05) is 11.1 Å². The Hall–Kier alpha value is -1.70. The molecule has 19 heavy (non-hydrogen) atoms. The number of hydrogen-bond acceptors (Lipinski definition) is 7. The van der Waals surface area contributed by atoms with Crippen LogP contribution in [-0.4, -0.2) is 18.7 Å². The van der Waals surface area contributed by atoms with Gasteiger partial charge in [0.1, 0.15) is 23.0 Å². The van der Waals surface area contributed by atoms with Gasteiger partial charge in [-0.05, 0) is 12.1 Å². The molecule has 0 amide bonds. The lowest BCUT2D eigenvalue weighted by Gasteiger charge is -2.10. The van der Waals surface area contributed by atoms with E-state index in [2.05, 4.69) is 24.0 Å². The molecular weight excluding hydrogens is 307 g/mol. The number of rotatable bonds is 2. The largest absolute Gasteiger partial charge is 0.393 e. The second kappa shape index (κ2) is 4.76. The average molecular weight is 313 g/mol. The van der Waals surface area contributed by atoms with Crippen molar-refractivity contribution < 1.29 is 0 Å². The molecule has 0 aliphatic heterocycles. The average Bonchev–Trinajstić information content (AvgIpc) is 2.86. The molecule has 2 aromatic heterocycles. The number of nitrogens with two attached hydrogens (primary N) is 1. The first-order chi connectivity index (χ1) is 9.16. The lowest BCUT2D eigenvalue weighted by atomic mass is 10.2. The van der Waals surface area contributed by atoms with Gasteiger partial charge in [0.15, 0.2) is 11.0 Å². The van der Waals surface area contributed by atoms with Gasteiger partial charge in [-0.15, -0.1) is 0 Å². The van der Waals surface area contributed by atoms with Crippen molar-refractivity contribution in [2.24, 2.45) is 0 Å². The SMILES string of the molecule is Nc1c(Cl)ncnc1Nc1c(Cl)ccc2nsnc12. The van der Waals surface area contributed by atoms with Gasteiger partial charge < -0.3 is 11.1 Å². The molecule has 0 fully saturated rings. The van der Waals surface area contributed by atoms with Gasteiger partial charge >= 0.3 is 0 Å². The van der Waals surface area contributed by atoms with Crippen LogP contribution in [0.1, 0.15) is 0 Å². The highest BCUT2D eigenvalue weighted by Gasteiger charge is 2.13. The summed E-state index contributed by atoms with van der Waals surface area (Å²) >= 11 is 13.1. The Bertz CT molecular complexity index is 759. The molecule has 0 aliphatic rings. The lowest BCUT2D eigenvalue weighted by molar-refractivity contribution is 1.17. The molecule has 0 unspecified atom stereocenters. The number of nitrogens with one attached hydrogen (secondary N) is 1. The van der Waals surface area contributed by atoms with Gasteiger partial charge in [-0.3, -0.25) is 0 Å². The van der Waals surface area contributed by atoms with E-state index in [0.717, 1.165) is 17.2 Å². The van der Waals surface area contributed by atoms with Gasteiger partial charge in [0.05, 0.1) is 22.4 Å². The number of halogens is 2. The third-order valence-corrected chi connectivity index (χ3v) is 3.61. The summed E-state index contributed by atoms with van der Waals surface area (Å²) in [5.74, 6) is 0.377. The Morgan fingerprint density at radius 3 is 2.84 bits per heavy atom. The fraction of sp³-hybridized carbons (Fsp3) is 0. The molecule has 3 aromatic rings. The van der Waals surface area contributed by atoms with E-state index in [0.29, 0.717) is 22.0 Å². The van der Waals surface area contributed by atoms with Crippen LogP contribution in [0.3, 0.4) is 0 Å². The van der Waals surface area contributed by atoms with E-state index in [4.69, 9.17) is 28.9 Å². The molecule has 0 spiro atoms. The maximum Gasteiger partial charge on any atom is 0.158 e. The van der Waals surface area contributed by atoms with Crippen molar-refractivity contribution >= 4 is 63.2 Å². The van der Waals surface area contributed by atoms with Crippen molar-refractivity contribution in [1.29, 1.82) is 0 Å². The van der Waals surface area contributed by atoms with Crippen LogP contribution >= 0.6 is 34.9 Å². The van der Waals surface area contributed by atoms with Crippen molar-refractivity contribution in [3.63, 3.8) is 0 Å². The fourth-order valence-corrected chi connectivity index (χ4v) is 2.41. The van der Waals surface area contributed by atoms with Gasteiger partial charge in [-0.25, -0.2) is 9.97 Å². The standard InChI is InChI=1S/C10H6Cl2N6S/c11-4-1-2-5-8(18-19-17-5)7(4)16-10-6(13)9(12)14-3-15-10/h1-3H,13H2,(H,14,15,16). The zero-order valence-electron chi connectivity index (χ0n) is 9.26. The maximum absolute atomic E-state index is 6.16. The highest BCUT2D eigenvalue weighted by molar-refractivity contribution is 7.00. The summed E-state index contributed by atoms with van der Waals surface area (Å²) in [5, 5.41) is 3.69. The molecular formula is C10H6Cl2N6S. The van der Waals surface area contributed by atoms with Gasteiger partial charge in [0, 0.05) is 0 Å². The first-order valence-corrected chi connectivity index (χ1v) is 6.59. The van der Waals surface area contributed by atoms with Crippen LogP contribution in [0, 0.1) is 0 Å². The molecule has 6 nitrogen and oxygen atoms in total. The van der Waals surface area contributed by atoms with Crippen molar-refractivity contribution in [1.82, 2.24) is 18.7 Å². The molecule has 0 atom stereocenters. The summed E-state index contributed by atoms with van der Waals surface area (Å²) in [6.07, 6.45) is 1.31. The summed E-state index contributed by atoms with van der Waals surface area (Å²) in [7, 11) is 0. The maximum atomic E-state index is 6.16. The third kappa shape index (κ3) is 2.16.